The normalized spacial score (nSPS) is 16.2. The Hall–Kier alpha value is -1.60. The van der Waals surface area contributed by atoms with Crippen molar-refractivity contribution >= 4 is 5.82 Å². The fourth-order valence-electron chi connectivity index (χ4n) is 2.88. The van der Waals surface area contributed by atoms with Gasteiger partial charge in [0.1, 0.15) is 11.9 Å². The molecule has 0 saturated carbocycles. The maximum atomic E-state index is 9.36. The van der Waals surface area contributed by atoms with Crippen molar-refractivity contribution in [2.75, 3.05) is 31.1 Å². The van der Waals surface area contributed by atoms with Crippen LogP contribution in [0.1, 0.15) is 36.6 Å². The standard InChI is InChI=1S/C16H24N4/c1-4-18-11-14-5-7-20(8-6-14)16-15(10-17)12(2)9-13(3)19-16/h9,14,18H,4-8,11H2,1-3H3. The minimum absolute atomic E-state index is 0.737. The predicted octanol–water partition coefficient (Wildman–Crippen LogP) is 2.40. The Kier molecular flexibility index (Phi) is 4.97. The van der Waals surface area contributed by atoms with Crippen molar-refractivity contribution in [1.82, 2.24) is 10.3 Å². The summed E-state index contributed by atoms with van der Waals surface area (Å²) in [5.41, 5.74) is 2.76. The number of pyridine rings is 1. The van der Waals surface area contributed by atoms with Crippen LogP contribution in [0.4, 0.5) is 5.82 Å². The van der Waals surface area contributed by atoms with Crippen molar-refractivity contribution in [3.05, 3.63) is 22.9 Å². The summed E-state index contributed by atoms with van der Waals surface area (Å²) in [5.74, 6) is 1.63. The third kappa shape index (κ3) is 3.29. The van der Waals surface area contributed by atoms with Gasteiger partial charge in [-0.3, -0.25) is 0 Å². The molecule has 4 nitrogen and oxygen atoms in total. The minimum Gasteiger partial charge on any atom is -0.355 e. The van der Waals surface area contributed by atoms with Crippen molar-refractivity contribution in [3.8, 4) is 6.07 Å². The van der Waals surface area contributed by atoms with Gasteiger partial charge >= 0.3 is 0 Å². The zero-order valence-corrected chi connectivity index (χ0v) is 12.7. The number of piperidine rings is 1. The zero-order valence-electron chi connectivity index (χ0n) is 12.7. The van der Waals surface area contributed by atoms with Crippen LogP contribution in [0.2, 0.25) is 0 Å². The summed E-state index contributed by atoms with van der Waals surface area (Å²) in [4.78, 5) is 6.88. The number of nitrogens with zero attached hydrogens (tertiary/aromatic N) is 3. The van der Waals surface area contributed by atoms with E-state index in [-0.39, 0.29) is 0 Å². The van der Waals surface area contributed by atoms with E-state index in [1.807, 2.05) is 19.9 Å². The molecule has 1 N–H and O–H groups in total. The largest absolute Gasteiger partial charge is 0.355 e. The summed E-state index contributed by atoms with van der Waals surface area (Å²) >= 11 is 0. The summed E-state index contributed by atoms with van der Waals surface area (Å²) in [6, 6.07) is 4.30. The Morgan fingerprint density at radius 2 is 2.10 bits per heavy atom. The fourth-order valence-corrected chi connectivity index (χ4v) is 2.88. The molecule has 0 amide bonds. The average Bonchev–Trinajstić information content (AvgIpc) is 2.45. The van der Waals surface area contributed by atoms with E-state index in [4.69, 9.17) is 0 Å². The molecule has 1 aromatic heterocycles. The van der Waals surface area contributed by atoms with Crippen LogP contribution in [0.3, 0.4) is 0 Å². The molecule has 20 heavy (non-hydrogen) atoms. The van der Waals surface area contributed by atoms with E-state index in [2.05, 4.69) is 28.2 Å². The molecule has 0 aliphatic carbocycles. The molecule has 0 radical (unpaired) electrons. The number of nitriles is 1. The van der Waals surface area contributed by atoms with E-state index < -0.39 is 0 Å². The van der Waals surface area contributed by atoms with Crippen LogP contribution >= 0.6 is 0 Å². The van der Waals surface area contributed by atoms with E-state index in [9.17, 15) is 5.26 Å². The highest BCUT2D eigenvalue weighted by Crippen LogP contribution is 2.26. The van der Waals surface area contributed by atoms with Gasteiger partial charge in [0.05, 0.1) is 5.56 Å². The number of hydrogen-bond acceptors (Lipinski definition) is 4. The zero-order chi connectivity index (χ0) is 14.5. The Bertz CT molecular complexity index is 496. The molecule has 0 unspecified atom stereocenters. The van der Waals surface area contributed by atoms with Crippen LogP contribution in [0, 0.1) is 31.1 Å². The Morgan fingerprint density at radius 1 is 1.40 bits per heavy atom. The topological polar surface area (TPSA) is 52.0 Å². The summed E-state index contributed by atoms with van der Waals surface area (Å²) < 4.78 is 0. The van der Waals surface area contributed by atoms with Gasteiger partial charge in [-0.2, -0.15) is 5.26 Å². The summed E-state index contributed by atoms with van der Waals surface area (Å²) in [6.07, 6.45) is 2.35. The number of aryl methyl sites for hydroxylation is 2. The van der Waals surface area contributed by atoms with Gasteiger partial charge in [0.15, 0.2) is 0 Å². The molecule has 0 bridgehead atoms. The smallest absolute Gasteiger partial charge is 0.147 e. The van der Waals surface area contributed by atoms with Crippen LogP contribution in [0.5, 0.6) is 0 Å². The van der Waals surface area contributed by atoms with Crippen molar-refractivity contribution in [3.63, 3.8) is 0 Å². The molecule has 2 heterocycles. The second kappa shape index (κ2) is 6.71. The number of anilines is 1. The molecule has 1 fully saturated rings. The number of aromatic nitrogens is 1. The molecular weight excluding hydrogens is 248 g/mol. The molecule has 1 aliphatic heterocycles. The Morgan fingerprint density at radius 3 is 2.70 bits per heavy atom. The van der Waals surface area contributed by atoms with Crippen LogP contribution < -0.4 is 10.2 Å². The van der Waals surface area contributed by atoms with E-state index in [1.54, 1.807) is 0 Å². The highest BCUT2D eigenvalue weighted by molar-refractivity contribution is 5.58. The van der Waals surface area contributed by atoms with Gasteiger partial charge in [-0.1, -0.05) is 6.92 Å². The summed E-state index contributed by atoms with van der Waals surface area (Å²) in [6.45, 7) is 10.3. The first kappa shape index (κ1) is 14.8. The first-order valence-electron chi connectivity index (χ1n) is 7.49. The third-order valence-corrected chi connectivity index (χ3v) is 4.03. The lowest BCUT2D eigenvalue weighted by molar-refractivity contribution is 0.385. The van der Waals surface area contributed by atoms with Crippen LogP contribution in [-0.4, -0.2) is 31.2 Å². The molecule has 1 saturated heterocycles. The van der Waals surface area contributed by atoms with E-state index in [0.717, 1.165) is 54.7 Å². The molecule has 1 aromatic rings. The van der Waals surface area contributed by atoms with E-state index in [0.29, 0.717) is 0 Å². The van der Waals surface area contributed by atoms with Crippen molar-refractivity contribution in [2.24, 2.45) is 5.92 Å². The van der Waals surface area contributed by atoms with Crippen molar-refractivity contribution < 1.29 is 0 Å². The summed E-state index contributed by atoms with van der Waals surface area (Å²) in [5, 5.41) is 12.8. The Labute approximate surface area is 121 Å². The minimum atomic E-state index is 0.737. The quantitative estimate of drug-likeness (QED) is 0.914. The van der Waals surface area contributed by atoms with Gasteiger partial charge in [0.25, 0.3) is 0 Å². The maximum Gasteiger partial charge on any atom is 0.147 e. The molecule has 0 spiro atoms. The molecule has 0 atom stereocenters. The molecule has 108 valence electrons. The SMILES string of the molecule is CCNCC1CCN(c2nc(C)cc(C)c2C#N)CC1. The van der Waals surface area contributed by atoms with E-state index >= 15 is 0 Å². The van der Waals surface area contributed by atoms with Gasteiger partial charge in [0.2, 0.25) is 0 Å². The second-order valence-electron chi connectivity index (χ2n) is 5.63. The van der Waals surface area contributed by atoms with Crippen LogP contribution in [0.15, 0.2) is 6.07 Å². The lowest BCUT2D eigenvalue weighted by Crippen LogP contribution is -2.38. The van der Waals surface area contributed by atoms with Crippen LogP contribution in [-0.2, 0) is 0 Å². The third-order valence-electron chi connectivity index (χ3n) is 4.03. The second-order valence-corrected chi connectivity index (χ2v) is 5.63. The maximum absolute atomic E-state index is 9.36. The highest BCUT2D eigenvalue weighted by Gasteiger charge is 2.22. The lowest BCUT2D eigenvalue weighted by Gasteiger charge is -2.33. The van der Waals surface area contributed by atoms with Gasteiger partial charge in [-0.05, 0) is 57.3 Å². The summed E-state index contributed by atoms with van der Waals surface area (Å²) in [7, 11) is 0. The monoisotopic (exact) mass is 272 g/mol. The lowest BCUT2D eigenvalue weighted by atomic mass is 9.96. The fraction of sp³-hybridized carbons (Fsp3) is 0.625. The molecule has 4 heteroatoms. The average molecular weight is 272 g/mol. The number of hydrogen-bond donors (Lipinski definition) is 1. The van der Waals surface area contributed by atoms with Gasteiger partial charge in [0, 0.05) is 18.8 Å². The molecular formula is C16H24N4. The Balaban J connectivity index is 2.09. The first-order chi connectivity index (χ1) is 9.65. The van der Waals surface area contributed by atoms with Gasteiger partial charge in [-0.15, -0.1) is 0 Å². The molecule has 2 rings (SSSR count). The molecule has 1 aliphatic rings. The highest BCUT2D eigenvalue weighted by atomic mass is 15.2. The number of rotatable bonds is 4. The van der Waals surface area contributed by atoms with Crippen molar-refractivity contribution in [1.29, 1.82) is 5.26 Å². The van der Waals surface area contributed by atoms with Crippen LogP contribution in [0.25, 0.3) is 0 Å². The van der Waals surface area contributed by atoms with Gasteiger partial charge in [-0.25, -0.2) is 4.98 Å². The van der Waals surface area contributed by atoms with E-state index in [1.165, 1.54) is 12.8 Å². The first-order valence-corrected chi connectivity index (χ1v) is 7.49. The predicted molar refractivity (Wildman–Crippen MR) is 81.9 cm³/mol. The number of nitrogens with one attached hydrogen (secondary N) is 1. The van der Waals surface area contributed by atoms with Crippen molar-refractivity contribution in [2.45, 2.75) is 33.6 Å². The molecule has 0 aromatic carbocycles. The van der Waals surface area contributed by atoms with Gasteiger partial charge < -0.3 is 10.2 Å².